The van der Waals surface area contributed by atoms with Gasteiger partial charge in [-0.3, -0.25) is 38.8 Å². The van der Waals surface area contributed by atoms with Gasteiger partial charge >= 0.3 is 0 Å². The van der Waals surface area contributed by atoms with Crippen molar-refractivity contribution in [3.8, 4) is 11.5 Å². The average Bonchev–Trinajstić information content (AvgIpc) is 3.63. The van der Waals surface area contributed by atoms with Crippen molar-refractivity contribution in [3.05, 3.63) is 105 Å². The van der Waals surface area contributed by atoms with Gasteiger partial charge in [0.05, 0.1) is 34.4 Å². The molecule has 1 saturated carbocycles. The number of amides is 4. The monoisotopic (exact) mass is 868 g/mol. The second kappa shape index (κ2) is 15.4. The molecule has 10 nitrogen and oxygen atoms in total. The average molecular weight is 869 g/mol. The van der Waals surface area contributed by atoms with Crippen molar-refractivity contribution in [2.24, 2.45) is 29.6 Å². The number of carbonyl (C=O) groups excluding carboxylic acids is 4. The summed E-state index contributed by atoms with van der Waals surface area (Å²) in [7, 11) is 1.51. The number of hydrogen-bond donors (Lipinski definition) is 1. The number of methoxy groups -OCH3 is 1. The highest BCUT2D eigenvalue weighted by molar-refractivity contribution is 14.1. The summed E-state index contributed by atoms with van der Waals surface area (Å²) in [5, 5.41) is 10.8. The first-order valence-corrected chi connectivity index (χ1v) is 21.3. The molecule has 3 aromatic rings. The van der Waals surface area contributed by atoms with E-state index in [1.807, 2.05) is 42.5 Å². The number of fused-ring (bicyclic) bond motifs is 4. The predicted molar refractivity (Wildman–Crippen MR) is 218 cm³/mol. The number of benzene rings is 3. The number of hydrogen-bond acceptors (Lipinski definition) is 8. The molecule has 0 radical (unpaired) electrons. The maximum atomic E-state index is 14.8. The molecule has 0 spiro atoms. The van der Waals surface area contributed by atoms with E-state index in [0.29, 0.717) is 35.0 Å². The third-order valence-corrected chi connectivity index (χ3v) is 14.5. The van der Waals surface area contributed by atoms with Gasteiger partial charge in [-0.25, -0.2) is 0 Å². The van der Waals surface area contributed by atoms with Gasteiger partial charge in [0.15, 0.2) is 11.5 Å². The van der Waals surface area contributed by atoms with Crippen LogP contribution in [0.15, 0.2) is 84.4 Å². The molecule has 9 rings (SSSR count). The number of ether oxygens (including phenoxy) is 1. The summed E-state index contributed by atoms with van der Waals surface area (Å²) in [5.41, 5.74) is 4.25. The Morgan fingerprint density at radius 3 is 1.73 bits per heavy atom. The third kappa shape index (κ3) is 6.57. The largest absolute Gasteiger partial charge is 0.504 e. The summed E-state index contributed by atoms with van der Waals surface area (Å²) in [4.78, 5) is 66.3. The highest BCUT2D eigenvalue weighted by atomic mass is 127. The molecule has 292 valence electrons. The number of phenols is 1. The summed E-state index contributed by atoms with van der Waals surface area (Å²) in [6.45, 7) is 4.87. The van der Waals surface area contributed by atoms with Crippen LogP contribution in [0, 0.1) is 33.2 Å². The van der Waals surface area contributed by atoms with Crippen LogP contribution in [0.1, 0.15) is 61.1 Å². The van der Waals surface area contributed by atoms with Gasteiger partial charge in [0, 0.05) is 57.3 Å². The van der Waals surface area contributed by atoms with Crippen molar-refractivity contribution in [1.29, 1.82) is 0 Å². The van der Waals surface area contributed by atoms with Crippen LogP contribution in [-0.2, 0) is 32.3 Å². The fraction of sp³-hybridized carbons (Fsp3) is 0.467. The summed E-state index contributed by atoms with van der Waals surface area (Å²) in [5.74, 6) is -3.28. The van der Waals surface area contributed by atoms with Gasteiger partial charge in [-0.2, -0.15) is 0 Å². The lowest BCUT2D eigenvalue weighted by molar-refractivity contribution is -0.146. The lowest BCUT2D eigenvalue weighted by atomic mass is 9.57. The van der Waals surface area contributed by atoms with Gasteiger partial charge in [0.2, 0.25) is 23.6 Å². The second-order valence-corrected chi connectivity index (χ2v) is 17.8. The van der Waals surface area contributed by atoms with E-state index in [1.54, 1.807) is 15.9 Å². The Hall–Kier alpha value is -4.07. The van der Waals surface area contributed by atoms with Crippen molar-refractivity contribution in [3.63, 3.8) is 0 Å². The Balaban J connectivity index is 0.986. The van der Waals surface area contributed by atoms with Crippen molar-refractivity contribution in [2.75, 3.05) is 33.3 Å². The number of imide groups is 2. The quantitative estimate of drug-likeness (QED) is 0.168. The second-order valence-electron chi connectivity index (χ2n) is 16.7. The predicted octanol–water partition coefficient (Wildman–Crippen LogP) is 5.97. The number of likely N-dealkylation sites (tertiary alicyclic amines) is 4. The highest BCUT2D eigenvalue weighted by Gasteiger charge is 2.63. The van der Waals surface area contributed by atoms with E-state index in [9.17, 15) is 24.3 Å². The summed E-state index contributed by atoms with van der Waals surface area (Å²) in [6.07, 6.45) is 5.80. The van der Waals surface area contributed by atoms with Crippen LogP contribution in [0.3, 0.4) is 0 Å². The number of piperidine rings is 2. The number of halogens is 1. The minimum Gasteiger partial charge on any atom is -0.504 e. The molecule has 3 aromatic carbocycles. The van der Waals surface area contributed by atoms with Crippen LogP contribution in [0.5, 0.6) is 11.5 Å². The van der Waals surface area contributed by atoms with E-state index >= 15 is 0 Å². The number of carbonyl (C=O) groups is 4. The number of rotatable bonds is 8. The van der Waals surface area contributed by atoms with Crippen LogP contribution in [0.2, 0.25) is 0 Å². The van der Waals surface area contributed by atoms with E-state index in [1.165, 1.54) is 18.2 Å². The lowest BCUT2D eigenvalue weighted by Crippen LogP contribution is -2.48. The van der Waals surface area contributed by atoms with Crippen LogP contribution in [0.4, 0.5) is 0 Å². The van der Waals surface area contributed by atoms with Gasteiger partial charge in [-0.05, 0) is 95.9 Å². The zero-order valence-corrected chi connectivity index (χ0v) is 33.9. The summed E-state index contributed by atoms with van der Waals surface area (Å²) in [6, 6.07) is 24.1. The lowest BCUT2D eigenvalue weighted by Gasteiger charge is -2.44. The zero-order valence-electron chi connectivity index (χ0n) is 31.8. The smallest absolute Gasteiger partial charge is 0.234 e. The molecule has 0 aromatic heterocycles. The topological polar surface area (TPSA) is 111 Å². The fourth-order valence-corrected chi connectivity index (χ4v) is 11.6. The van der Waals surface area contributed by atoms with Crippen LogP contribution in [0.25, 0.3) is 0 Å². The van der Waals surface area contributed by atoms with Crippen LogP contribution >= 0.6 is 22.6 Å². The molecule has 5 fully saturated rings. The van der Waals surface area contributed by atoms with Gasteiger partial charge in [-0.15, -0.1) is 0 Å². The highest BCUT2D eigenvalue weighted by Crippen LogP contribution is 2.59. The van der Waals surface area contributed by atoms with Crippen LogP contribution in [-0.4, -0.2) is 93.7 Å². The van der Waals surface area contributed by atoms with Crippen molar-refractivity contribution < 1.29 is 29.0 Å². The first kappa shape index (κ1) is 37.5. The van der Waals surface area contributed by atoms with Crippen molar-refractivity contribution in [2.45, 2.75) is 69.6 Å². The molecule has 6 aliphatic rings. The summed E-state index contributed by atoms with van der Waals surface area (Å²) < 4.78 is 6.18. The van der Waals surface area contributed by atoms with Crippen LogP contribution < -0.4 is 4.74 Å². The number of aromatic hydroxyl groups is 1. The molecule has 4 amide bonds. The molecule has 0 unspecified atom stereocenters. The molecule has 4 saturated heterocycles. The number of phenolic OH excluding ortho intramolecular Hbond substituents is 1. The number of allylic oxidation sites excluding steroid dienone is 2. The first-order chi connectivity index (χ1) is 27.2. The Kier molecular flexibility index (Phi) is 10.3. The Morgan fingerprint density at radius 2 is 1.20 bits per heavy atom. The molecule has 0 bridgehead atoms. The fourth-order valence-electron chi connectivity index (χ4n) is 11.0. The maximum absolute atomic E-state index is 14.8. The Bertz CT molecular complexity index is 2040. The first-order valence-electron chi connectivity index (χ1n) is 20.2. The van der Waals surface area contributed by atoms with Gasteiger partial charge in [0.1, 0.15) is 0 Å². The van der Waals surface area contributed by atoms with E-state index in [4.69, 9.17) is 4.74 Å². The molecule has 1 N–H and O–H groups in total. The molecule has 6 atom stereocenters. The van der Waals surface area contributed by atoms with Gasteiger partial charge in [-0.1, -0.05) is 72.3 Å². The molecular formula is C45H49IN4O6. The van der Waals surface area contributed by atoms with Gasteiger partial charge < -0.3 is 9.84 Å². The van der Waals surface area contributed by atoms with Crippen molar-refractivity contribution >= 4 is 46.2 Å². The van der Waals surface area contributed by atoms with Crippen molar-refractivity contribution in [1.82, 2.24) is 19.6 Å². The minimum absolute atomic E-state index is 0.0261. The van der Waals surface area contributed by atoms with Gasteiger partial charge in [0.25, 0.3) is 0 Å². The van der Waals surface area contributed by atoms with E-state index < -0.39 is 29.6 Å². The molecular weight excluding hydrogens is 819 g/mol. The summed E-state index contributed by atoms with van der Waals surface area (Å²) >= 11 is 2.08. The maximum Gasteiger partial charge on any atom is 0.234 e. The normalized spacial score (nSPS) is 29.0. The third-order valence-electron chi connectivity index (χ3n) is 13.7. The standard InChI is InChI=1S/C45H49IN4O6/c1-56-37-23-29(22-36(46)41(37)51)38-32-12-13-33-39(44(54)49(42(33)52)30-14-18-47(19-15-30)25-27-8-4-2-5-9-27)34(32)24-35-40(38)45(55)50(43(35)53)31-16-20-48(21-17-31)26-28-10-6-3-7-11-28/h2-12,22-23,30-31,33-35,38-40,51H,13-21,24-26H2,1H3/t33-,34+,35+,38-,39-,40+/m0/s1. The number of nitrogens with zero attached hydrogens (tertiary/aromatic N) is 4. The Morgan fingerprint density at radius 1 is 0.679 bits per heavy atom. The molecule has 11 heteroatoms. The molecule has 4 aliphatic heterocycles. The SMILES string of the molecule is COc1cc([C@H]2C3=CC[C@@H]4C(=O)N(C5CCN(Cc6ccccc6)CC5)C(=O)[C@@H]4[C@@H]3C[C@H]3C(=O)N(C4CCN(Cc5ccccc5)CC4)C(=O)[C@@H]23)cc(I)c1O. The molecule has 2 aliphatic carbocycles. The minimum atomic E-state index is -0.633. The van der Waals surface area contributed by atoms with E-state index in [2.05, 4.69) is 62.7 Å². The molecule has 56 heavy (non-hydrogen) atoms. The molecule has 4 heterocycles. The van der Waals surface area contributed by atoms with E-state index in [0.717, 1.165) is 63.2 Å². The zero-order chi connectivity index (χ0) is 38.7. The Labute approximate surface area is 342 Å². The van der Waals surface area contributed by atoms with E-state index in [-0.39, 0.29) is 47.4 Å².